The van der Waals surface area contributed by atoms with Crippen molar-refractivity contribution in [3.8, 4) is 22.6 Å². The van der Waals surface area contributed by atoms with Crippen LogP contribution in [-0.2, 0) is 11.2 Å². The fraction of sp³-hybridized carbons (Fsp3) is 0.452. The van der Waals surface area contributed by atoms with Gasteiger partial charge >= 0.3 is 0 Å². The number of carbonyl (C=O) groups excluding carboxylic acids is 1. The molecule has 40 heavy (non-hydrogen) atoms. The number of benzene rings is 2. The van der Waals surface area contributed by atoms with Gasteiger partial charge in [0.25, 0.3) is 0 Å². The maximum atomic E-state index is 12.9. The topological polar surface area (TPSA) is 76.6 Å². The highest BCUT2D eigenvalue weighted by Gasteiger charge is 2.35. The molecule has 1 aliphatic carbocycles. The van der Waals surface area contributed by atoms with Crippen LogP contribution in [-0.4, -0.2) is 65.9 Å². The van der Waals surface area contributed by atoms with Crippen molar-refractivity contribution in [1.82, 2.24) is 20.2 Å². The minimum Gasteiger partial charge on any atom is -0.493 e. The van der Waals surface area contributed by atoms with Crippen LogP contribution < -0.4 is 14.8 Å². The van der Waals surface area contributed by atoms with E-state index in [9.17, 15) is 4.79 Å². The zero-order valence-electron chi connectivity index (χ0n) is 23.1. The summed E-state index contributed by atoms with van der Waals surface area (Å²) in [5.74, 6) is 2.40. The quantitative estimate of drug-likeness (QED) is 0.236. The van der Waals surface area contributed by atoms with Gasteiger partial charge in [-0.1, -0.05) is 41.6 Å². The summed E-state index contributed by atoms with van der Waals surface area (Å²) in [5, 5.41) is 4.70. The third-order valence-corrected chi connectivity index (χ3v) is 9.19. The van der Waals surface area contributed by atoms with Crippen molar-refractivity contribution in [2.75, 3.05) is 33.1 Å². The molecule has 9 heteroatoms. The zero-order valence-corrected chi connectivity index (χ0v) is 24.7. The summed E-state index contributed by atoms with van der Waals surface area (Å²) < 4.78 is 10.7. The summed E-state index contributed by atoms with van der Waals surface area (Å²) in [7, 11) is 3.23. The van der Waals surface area contributed by atoms with Crippen molar-refractivity contribution in [1.29, 1.82) is 0 Å². The lowest BCUT2D eigenvalue weighted by Gasteiger charge is -2.38. The summed E-state index contributed by atoms with van der Waals surface area (Å²) in [5.41, 5.74) is 3.18. The number of rotatable bonds is 10. The second-order valence-corrected chi connectivity index (χ2v) is 12.0. The standard InChI is InChI=1S/C31H37ClN4O3S/c1-38-28-11-8-23(17-29(28)39-2)24-18-33-31(34-19-24)40-20-30(37)35-26-4-3-5-27(26)36-14-12-22(13-15-36)16-21-6-9-25(32)10-7-21/h6-11,17-19,22,26-27H,3-5,12-16,20H2,1-2H3,(H,35,37). The number of methoxy groups -OCH3 is 2. The Morgan fingerprint density at radius 1 is 0.975 bits per heavy atom. The van der Waals surface area contributed by atoms with Crippen LogP contribution >= 0.6 is 23.4 Å². The summed E-state index contributed by atoms with van der Waals surface area (Å²) in [6.07, 6.45) is 10.4. The molecule has 0 bridgehead atoms. The van der Waals surface area contributed by atoms with Crippen molar-refractivity contribution in [3.63, 3.8) is 0 Å². The van der Waals surface area contributed by atoms with Crippen LogP contribution in [0.5, 0.6) is 11.5 Å². The molecule has 212 valence electrons. The predicted molar refractivity (Wildman–Crippen MR) is 160 cm³/mol. The van der Waals surface area contributed by atoms with Gasteiger partial charge in [-0.05, 0) is 92.9 Å². The normalized spacial score (nSPS) is 19.9. The predicted octanol–water partition coefficient (Wildman–Crippen LogP) is 5.90. The first-order valence-corrected chi connectivity index (χ1v) is 15.3. The molecule has 1 aromatic heterocycles. The first-order valence-electron chi connectivity index (χ1n) is 14.0. The first kappa shape index (κ1) is 28.7. The second kappa shape index (κ2) is 13.7. The molecule has 2 fully saturated rings. The van der Waals surface area contributed by atoms with Crippen LogP contribution in [0.2, 0.25) is 5.02 Å². The number of nitrogens with one attached hydrogen (secondary N) is 1. The number of carbonyl (C=O) groups is 1. The molecule has 7 nitrogen and oxygen atoms in total. The van der Waals surface area contributed by atoms with Gasteiger partial charge in [-0.15, -0.1) is 0 Å². The number of likely N-dealkylation sites (tertiary alicyclic amines) is 1. The number of ether oxygens (including phenoxy) is 2. The molecule has 2 unspecified atom stereocenters. The Bertz CT molecular complexity index is 1270. The van der Waals surface area contributed by atoms with E-state index in [2.05, 4.69) is 32.3 Å². The van der Waals surface area contributed by atoms with Crippen molar-refractivity contribution in [3.05, 3.63) is 65.4 Å². The molecule has 2 heterocycles. The average molecular weight is 581 g/mol. The molecule has 1 N–H and O–H groups in total. The lowest BCUT2D eigenvalue weighted by molar-refractivity contribution is -0.119. The van der Waals surface area contributed by atoms with Gasteiger partial charge in [0.2, 0.25) is 5.91 Å². The number of thioether (sulfide) groups is 1. The van der Waals surface area contributed by atoms with E-state index in [4.69, 9.17) is 21.1 Å². The molecule has 1 saturated heterocycles. The molecule has 3 aromatic rings. The lowest BCUT2D eigenvalue weighted by Crippen LogP contribution is -2.51. The summed E-state index contributed by atoms with van der Waals surface area (Å²) >= 11 is 7.41. The maximum absolute atomic E-state index is 12.9. The number of hydrogen-bond acceptors (Lipinski definition) is 7. The molecule has 0 radical (unpaired) electrons. The highest BCUT2D eigenvalue weighted by atomic mass is 35.5. The van der Waals surface area contributed by atoms with Gasteiger partial charge in [-0.2, -0.15) is 0 Å². The molecular weight excluding hydrogens is 544 g/mol. The van der Waals surface area contributed by atoms with Gasteiger partial charge < -0.3 is 14.8 Å². The van der Waals surface area contributed by atoms with Crippen molar-refractivity contribution in [2.45, 2.75) is 55.8 Å². The minimum atomic E-state index is 0.0482. The first-order chi connectivity index (χ1) is 19.5. The Hall–Kier alpha value is -2.81. The van der Waals surface area contributed by atoms with Crippen LogP contribution in [0, 0.1) is 5.92 Å². The monoisotopic (exact) mass is 580 g/mol. The minimum absolute atomic E-state index is 0.0482. The Morgan fingerprint density at radius 2 is 1.70 bits per heavy atom. The van der Waals surface area contributed by atoms with Crippen LogP contribution in [0.15, 0.2) is 60.0 Å². The number of hydrogen-bond donors (Lipinski definition) is 1. The van der Waals surface area contributed by atoms with E-state index in [-0.39, 0.29) is 11.9 Å². The van der Waals surface area contributed by atoms with Gasteiger partial charge in [0.1, 0.15) is 0 Å². The fourth-order valence-electron chi connectivity index (χ4n) is 5.92. The van der Waals surface area contributed by atoms with Gasteiger partial charge in [0.15, 0.2) is 16.7 Å². The van der Waals surface area contributed by atoms with Gasteiger partial charge in [-0.3, -0.25) is 9.69 Å². The molecule has 2 aromatic carbocycles. The van der Waals surface area contributed by atoms with E-state index >= 15 is 0 Å². The van der Waals surface area contributed by atoms with Crippen LogP contribution in [0.4, 0.5) is 0 Å². The van der Waals surface area contributed by atoms with Gasteiger partial charge in [0, 0.05) is 35.1 Å². The molecule has 2 atom stereocenters. The number of nitrogens with zero attached hydrogens (tertiary/aromatic N) is 3. The third kappa shape index (κ3) is 7.28. The molecule has 2 aliphatic rings. The van der Waals surface area contributed by atoms with Crippen molar-refractivity contribution in [2.24, 2.45) is 5.92 Å². The number of aromatic nitrogens is 2. The highest BCUT2D eigenvalue weighted by Crippen LogP contribution is 2.33. The number of amides is 1. The van der Waals surface area contributed by atoms with Crippen molar-refractivity contribution < 1.29 is 14.3 Å². The molecule has 0 spiro atoms. The SMILES string of the molecule is COc1ccc(-c2cnc(SCC(=O)NC3CCCC3N3CCC(Cc4ccc(Cl)cc4)CC3)nc2)cc1OC. The van der Waals surface area contributed by atoms with Crippen LogP contribution in [0.1, 0.15) is 37.7 Å². The zero-order chi connectivity index (χ0) is 27.9. The van der Waals surface area contributed by atoms with E-state index in [0.29, 0.717) is 34.4 Å². The fourth-order valence-corrected chi connectivity index (χ4v) is 6.65. The Morgan fingerprint density at radius 3 is 2.40 bits per heavy atom. The number of piperidine rings is 1. The number of halogens is 1. The smallest absolute Gasteiger partial charge is 0.230 e. The second-order valence-electron chi connectivity index (χ2n) is 10.6. The summed E-state index contributed by atoms with van der Waals surface area (Å²) in [6.45, 7) is 2.20. The maximum Gasteiger partial charge on any atom is 0.230 e. The highest BCUT2D eigenvalue weighted by molar-refractivity contribution is 7.99. The molecule has 1 aliphatic heterocycles. The van der Waals surface area contributed by atoms with Gasteiger partial charge in [-0.25, -0.2) is 9.97 Å². The molecule has 5 rings (SSSR count). The van der Waals surface area contributed by atoms with Crippen LogP contribution in [0.3, 0.4) is 0 Å². The molecule has 1 saturated carbocycles. The Balaban J connectivity index is 1.08. The largest absolute Gasteiger partial charge is 0.493 e. The Kier molecular flexibility index (Phi) is 9.83. The van der Waals surface area contributed by atoms with Crippen molar-refractivity contribution >= 4 is 29.3 Å². The van der Waals surface area contributed by atoms with E-state index in [0.717, 1.165) is 54.9 Å². The lowest BCUT2D eigenvalue weighted by atomic mass is 9.89. The molecular formula is C31H37ClN4O3S. The van der Waals surface area contributed by atoms with E-state index < -0.39 is 0 Å². The summed E-state index contributed by atoms with van der Waals surface area (Å²) in [6, 6.07) is 14.6. The van der Waals surface area contributed by atoms with Crippen LogP contribution in [0.25, 0.3) is 11.1 Å². The van der Waals surface area contributed by atoms with E-state index in [1.807, 2.05) is 30.3 Å². The average Bonchev–Trinajstić information content (AvgIpc) is 3.45. The molecule has 1 amide bonds. The van der Waals surface area contributed by atoms with E-state index in [1.54, 1.807) is 26.6 Å². The summed E-state index contributed by atoms with van der Waals surface area (Å²) in [4.78, 5) is 24.4. The third-order valence-electron chi connectivity index (χ3n) is 8.06. The van der Waals surface area contributed by atoms with Gasteiger partial charge in [0.05, 0.1) is 20.0 Å². The van der Waals surface area contributed by atoms with E-state index in [1.165, 1.54) is 30.2 Å². The Labute approximate surface area is 246 Å².